The molecule has 5 amide bonds. The predicted octanol–water partition coefficient (Wildman–Crippen LogP) is 3.21. The molecule has 1 unspecified atom stereocenters. The molecule has 1 aromatic carbocycles. The molecule has 6 aromatic heterocycles. The van der Waals surface area contributed by atoms with Crippen LogP contribution in [0.3, 0.4) is 0 Å². The number of urea groups is 1. The van der Waals surface area contributed by atoms with Gasteiger partial charge in [-0.1, -0.05) is 6.07 Å². The van der Waals surface area contributed by atoms with E-state index in [1.54, 1.807) is 58.0 Å². The first-order valence-corrected chi connectivity index (χ1v) is 24.3. The molecule has 0 bridgehead atoms. The minimum absolute atomic E-state index is 0.0118. The molecule has 3 atom stereocenters. The number of carbonyl (C=O) groups is 4. The molecule has 4 fully saturated rings. The van der Waals surface area contributed by atoms with Gasteiger partial charge in [-0.25, -0.2) is 24.5 Å². The Morgan fingerprint density at radius 1 is 0.917 bits per heavy atom. The van der Waals surface area contributed by atoms with Gasteiger partial charge in [-0.15, -0.1) is 0 Å². The second-order valence-corrected chi connectivity index (χ2v) is 19.4. The Morgan fingerprint density at radius 3 is 2.44 bits per heavy atom. The van der Waals surface area contributed by atoms with Gasteiger partial charge in [0.2, 0.25) is 11.8 Å². The number of hydrogen-bond donors (Lipinski definition) is 4. The van der Waals surface area contributed by atoms with Crippen LogP contribution >= 0.6 is 0 Å². The summed E-state index contributed by atoms with van der Waals surface area (Å²) >= 11 is 0. The highest BCUT2D eigenvalue weighted by Gasteiger charge is 2.54. The number of pyridine rings is 1. The van der Waals surface area contributed by atoms with Crippen molar-refractivity contribution in [3.05, 3.63) is 105 Å². The van der Waals surface area contributed by atoms with Crippen LogP contribution in [0, 0.1) is 0 Å². The number of likely N-dealkylation sites (tertiary alicyclic amines) is 1. The minimum atomic E-state index is -0.764. The Balaban J connectivity index is 0.707. The molecule has 23 heteroatoms. The lowest BCUT2D eigenvalue weighted by Crippen LogP contribution is -2.54. The predicted molar refractivity (Wildman–Crippen MR) is 261 cm³/mol. The van der Waals surface area contributed by atoms with Gasteiger partial charge in [0, 0.05) is 82.9 Å². The molecule has 9 heterocycles. The molecule has 2 aliphatic carbocycles. The SMILES string of the molecule is CNc1cc(Nc2cccn(-c3cc4n(n3)CC3(CC3)N(C(=O)N3CCC(c5ncc(-c6ccc7c(c6)n(C)c(=O)n7C6CCC(=O)NC6=O)cn5)CC3)C4)c2=O)nc2c(C(=O)N[C@@H]3CC[C@H]3OC)cnn12. The first-order valence-electron chi connectivity index (χ1n) is 24.3. The number of methoxy groups -OCH3 is 1. The highest BCUT2D eigenvalue weighted by molar-refractivity contribution is 6.01. The third-order valence-corrected chi connectivity index (χ3v) is 15.3. The van der Waals surface area contributed by atoms with Crippen LogP contribution in [0.5, 0.6) is 0 Å². The van der Waals surface area contributed by atoms with Crippen LogP contribution in [-0.4, -0.2) is 127 Å². The van der Waals surface area contributed by atoms with Crippen molar-refractivity contribution in [3.63, 3.8) is 0 Å². The van der Waals surface area contributed by atoms with Crippen molar-refractivity contribution in [2.24, 2.45) is 7.05 Å². The van der Waals surface area contributed by atoms with Crippen molar-refractivity contribution >= 4 is 57.8 Å². The van der Waals surface area contributed by atoms with E-state index >= 15 is 0 Å². The van der Waals surface area contributed by atoms with Gasteiger partial charge in [0.05, 0.1) is 53.7 Å². The van der Waals surface area contributed by atoms with E-state index in [2.05, 4.69) is 26.4 Å². The Labute approximate surface area is 410 Å². The molecule has 3 aliphatic heterocycles. The van der Waals surface area contributed by atoms with Gasteiger partial charge in [-0.3, -0.25) is 42.9 Å². The normalized spacial score (nSPS) is 20.6. The first kappa shape index (κ1) is 45.0. The van der Waals surface area contributed by atoms with Gasteiger partial charge in [0.1, 0.15) is 34.8 Å². The number of imide groups is 1. The van der Waals surface area contributed by atoms with Crippen LogP contribution in [0.1, 0.15) is 85.2 Å². The average molecular weight is 977 g/mol. The number of aromatic nitrogens is 10. The zero-order valence-electron chi connectivity index (χ0n) is 39.9. The van der Waals surface area contributed by atoms with Crippen molar-refractivity contribution in [2.45, 2.75) is 94.1 Å². The largest absolute Gasteiger partial charge is 0.379 e. The summed E-state index contributed by atoms with van der Waals surface area (Å²) in [6.45, 7) is 1.99. The van der Waals surface area contributed by atoms with Crippen LogP contribution in [-0.2, 0) is 34.5 Å². The molecule has 4 N–H and O–H groups in total. The number of benzene rings is 1. The van der Waals surface area contributed by atoms with E-state index in [4.69, 9.17) is 24.8 Å². The molecule has 1 spiro atoms. The minimum Gasteiger partial charge on any atom is -0.379 e. The number of piperidine rings is 2. The molecule has 2 saturated carbocycles. The number of rotatable bonds is 10. The van der Waals surface area contributed by atoms with Crippen molar-refractivity contribution in [1.29, 1.82) is 0 Å². The molecular formula is C49H52N16O7. The molecule has 370 valence electrons. The van der Waals surface area contributed by atoms with Gasteiger partial charge >= 0.3 is 11.7 Å². The van der Waals surface area contributed by atoms with E-state index in [1.165, 1.54) is 24.4 Å². The number of fused-ring (bicyclic) bond motifs is 3. The van der Waals surface area contributed by atoms with Gasteiger partial charge in [0.15, 0.2) is 11.5 Å². The Hall–Kier alpha value is -8.21. The second-order valence-electron chi connectivity index (χ2n) is 19.4. The third-order valence-electron chi connectivity index (χ3n) is 15.3. The van der Waals surface area contributed by atoms with Crippen LogP contribution in [0.4, 0.5) is 22.1 Å². The summed E-state index contributed by atoms with van der Waals surface area (Å²) in [5, 5.41) is 20.9. The van der Waals surface area contributed by atoms with Crippen molar-refractivity contribution < 1.29 is 23.9 Å². The van der Waals surface area contributed by atoms with E-state index < -0.39 is 11.9 Å². The van der Waals surface area contributed by atoms with Crippen molar-refractivity contribution in [3.8, 4) is 16.9 Å². The van der Waals surface area contributed by atoms with Crippen LogP contribution in [0.15, 0.2) is 76.8 Å². The summed E-state index contributed by atoms with van der Waals surface area (Å²) in [4.78, 5) is 97.7. The van der Waals surface area contributed by atoms with E-state index in [0.717, 1.165) is 42.5 Å². The molecule has 5 aliphatic rings. The highest BCUT2D eigenvalue weighted by atomic mass is 16.5. The van der Waals surface area contributed by atoms with Crippen LogP contribution < -0.4 is 32.5 Å². The van der Waals surface area contributed by atoms with Crippen LogP contribution in [0.2, 0.25) is 0 Å². The molecule has 12 rings (SSSR count). The quantitative estimate of drug-likeness (QED) is 0.144. The lowest BCUT2D eigenvalue weighted by molar-refractivity contribution is -0.135. The summed E-state index contributed by atoms with van der Waals surface area (Å²) in [5.41, 5.74) is 3.50. The summed E-state index contributed by atoms with van der Waals surface area (Å²) < 4.78 is 13.4. The highest BCUT2D eigenvalue weighted by Crippen LogP contribution is 2.47. The van der Waals surface area contributed by atoms with E-state index in [9.17, 15) is 28.8 Å². The fourth-order valence-corrected chi connectivity index (χ4v) is 10.8. The molecule has 0 radical (unpaired) electrons. The van der Waals surface area contributed by atoms with E-state index in [0.29, 0.717) is 84.5 Å². The fourth-order valence-electron chi connectivity index (χ4n) is 10.8. The fraction of sp³-hybridized carbons (Fsp3) is 0.408. The maximum atomic E-state index is 14.4. The lowest BCUT2D eigenvalue weighted by Gasteiger charge is -2.41. The summed E-state index contributed by atoms with van der Waals surface area (Å²) in [6.07, 6.45) is 11.9. The van der Waals surface area contributed by atoms with Crippen molar-refractivity contribution in [1.82, 2.24) is 68.5 Å². The van der Waals surface area contributed by atoms with Gasteiger partial charge in [0.25, 0.3) is 11.5 Å². The van der Waals surface area contributed by atoms with Crippen molar-refractivity contribution in [2.75, 3.05) is 37.9 Å². The Morgan fingerprint density at radius 2 is 1.72 bits per heavy atom. The van der Waals surface area contributed by atoms with E-state index in [1.807, 2.05) is 38.7 Å². The topological polar surface area (TPSA) is 255 Å². The number of aryl methyl sites for hydroxylation is 1. The molecule has 2 saturated heterocycles. The summed E-state index contributed by atoms with van der Waals surface area (Å²) in [5.74, 6) is 0.978. The number of carbonyl (C=O) groups excluding carboxylic acids is 4. The number of amides is 5. The number of nitrogens with one attached hydrogen (secondary N) is 4. The molecule has 72 heavy (non-hydrogen) atoms. The van der Waals surface area contributed by atoms with E-state index in [-0.39, 0.29) is 71.2 Å². The Bertz CT molecular complexity index is 3480. The maximum Gasteiger partial charge on any atom is 0.329 e. The molecule has 23 nitrogen and oxygen atoms in total. The zero-order valence-corrected chi connectivity index (χ0v) is 39.9. The average Bonchev–Trinajstić information content (AvgIpc) is 3.69. The van der Waals surface area contributed by atoms with Gasteiger partial charge < -0.3 is 30.5 Å². The lowest BCUT2D eigenvalue weighted by atomic mass is 9.89. The Kier molecular flexibility index (Phi) is 10.8. The second kappa shape index (κ2) is 17.3. The standard InChI is InChI=1S/C49H52N16O7/c1-50-39-21-38(56-43-31(24-53-65(39)43)44(67)55-32-7-10-37(32)72-3)54-33-5-4-16-61(46(33)69)40-20-30-25-62(49(14-15-49)26-63(30)58-40)48(71)60-17-12-27(13-18-60)42-51-22-29(23-52-42)28-6-8-34-36(19-28)59(2)47(70)64(34)35-9-11-41(66)57-45(35)68/h4-6,8,16,19-24,27,32,35,37,50H,7,9-15,17-18,25-26H2,1-3H3,(H,54,56)(H,55,67)(H,57,66,68)/t32-,35?,37-/m1/s1. The summed E-state index contributed by atoms with van der Waals surface area (Å²) in [6, 6.07) is 11.7. The molecular weight excluding hydrogens is 925 g/mol. The summed E-state index contributed by atoms with van der Waals surface area (Å²) in [7, 11) is 5.03. The van der Waals surface area contributed by atoms with Gasteiger partial charge in [-0.2, -0.15) is 14.7 Å². The number of imidazole rings is 1. The van der Waals surface area contributed by atoms with Crippen LogP contribution in [0.25, 0.3) is 33.6 Å². The first-order chi connectivity index (χ1) is 34.9. The smallest absolute Gasteiger partial charge is 0.329 e. The number of nitrogens with zero attached hydrogens (tertiary/aromatic N) is 12. The zero-order chi connectivity index (χ0) is 49.6. The number of ether oxygens (including phenoxy) is 1. The maximum absolute atomic E-state index is 14.4. The third kappa shape index (κ3) is 7.56. The molecule has 7 aromatic rings. The monoisotopic (exact) mass is 976 g/mol. The number of anilines is 3. The van der Waals surface area contributed by atoms with Gasteiger partial charge in [-0.05, 0) is 74.8 Å². The number of hydrogen-bond acceptors (Lipinski definition) is 14.